The van der Waals surface area contributed by atoms with Crippen molar-refractivity contribution in [3.63, 3.8) is 0 Å². The summed E-state index contributed by atoms with van der Waals surface area (Å²) in [6, 6.07) is 0. The number of hydrogen-bond acceptors (Lipinski definition) is 0. The Morgan fingerprint density at radius 1 is 0.583 bits per heavy atom. The van der Waals surface area contributed by atoms with Crippen molar-refractivity contribution >= 4 is 0 Å². The second-order valence-electron chi connectivity index (χ2n) is 1.35. The van der Waals surface area contributed by atoms with E-state index < -0.39 is 0 Å². The first-order valence-electron chi connectivity index (χ1n) is 2.41. The predicted octanol–water partition coefficient (Wildman–Crippen LogP) is 5.38. The molecule has 0 aromatic rings. The number of rotatable bonds is 2. The minimum Gasteiger partial charge on any atom is -0.0776 e. The van der Waals surface area contributed by atoms with Gasteiger partial charge in [0.1, 0.15) is 0 Å². The Balaban J connectivity index is -0.00000000381. The van der Waals surface area contributed by atoms with Crippen LogP contribution in [-0.2, 0) is 0 Å². The zero-order valence-corrected chi connectivity index (χ0v) is 13.4. The summed E-state index contributed by atoms with van der Waals surface area (Å²) in [6.45, 7) is 4.42. The molecule has 0 unspecified atom stereocenters. The summed E-state index contributed by atoms with van der Waals surface area (Å²) in [5.41, 5.74) is 0. The minimum absolute atomic E-state index is 0. The predicted molar refractivity (Wildman–Crippen MR) is 58.9 cm³/mol. The van der Waals surface area contributed by atoms with Crippen LogP contribution in [0.2, 0.25) is 0 Å². The van der Waals surface area contributed by atoms with Gasteiger partial charge in [-0.05, 0) is 0 Å². The molecule has 80 valence electrons. The number of hydrogen-bond donors (Lipinski definition) is 0. The van der Waals surface area contributed by atoms with Gasteiger partial charge >= 0.3 is 0 Å². The van der Waals surface area contributed by atoms with Gasteiger partial charge in [0, 0.05) is 62.2 Å². The fourth-order valence-corrected chi connectivity index (χ4v) is 0.354. The maximum Gasteiger partial charge on any atom is 0 e. The Morgan fingerprint density at radius 2 is 0.750 bits per heavy atom. The Labute approximate surface area is 131 Å². The summed E-state index contributed by atoms with van der Waals surface area (Å²) in [6.07, 6.45) is 4.08. The van der Waals surface area contributed by atoms with Crippen molar-refractivity contribution in [1.29, 1.82) is 0 Å². The van der Waals surface area contributed by atoms with E-state index in [-0.39, 0.29) is 99.4 Å². The van der Waals surface area contributed by atoms with E-state index in [1.165, 1.54) is 19.3 Å². The third kappa shape index (κ3) is 88.6. The standard InChI is InChI=1S/C5H12.5CH4.2U/c1-3-5-4-2;;;;;;;/h3-5H2,1-2H3;5*1H4;;. The molecule has 0 amide bonds. The summed E-state index contributed by atoms with van der Waals surface area (Å²) < 4.78 is 0. The van der Waals surface area contributed by atoms with E-state index in [1.54, 1.807) is 0 Å². The molecule has 0 heterocycles. The van der Waals surface area contributed by atoms with E-state index in [9.17, 15) is 0 Å². The second-order valence-corrected chi connectivity index (χ2v) is 1.35. The van der Waals surface area contributed by atoms with E-state index >= 15 is 0 Å². The topological polar surface area (TPSA) is 0 Å². The van der Waals surface area contributed by atoms with Crippen LogP contribution in [0.1, 0.15) is 70.2 Å². The largest absolute Gasteiger partial charge is 0.0776 e. The fourth-order valence-electron chi connectivity index (χ4n) is 0.354. The average molecular weight is 628 g/mol. The van der Waals surface area contributed by atoms with Crippen molar-refractivity contribution in [2.45, 2.75) is 70.2 Å². The molecule has 0 bridgehead atoms. The molecule has 0 fully saturated rings. The molecular weight excluding hydrogens is 596 g/mol. The van der Waals surface area contributed by atoms with Crippen molar-refractivity contribution in [2.24, 2.45) is 0 Å². The van der Waals surface area contributed by atoms with Gasteiger partial charge in [-0.3, -0.25) is 0 Å². The summed E-state index contributed by atoms with van der Waals surface area (Å²) in [5.74, 6) is 0. The monoisotopic (exact) mass is 628 g/mol. The quantitative estimate of drug-likeness (QED) is 0.386. The third-order valence-electron chi connectivity index (χ3n) is 0.707. The molecule has 0 atom stereocenters. The van der Waals surface area contributed by atoms with E-state index in [2.05, 4.69) is 13.8 Å². The third-order valence-corrected chi connectivity index (χ3v) is 0.707. The van der Waals surface area contributed by atoms with Crippen LogP contribution in [0.15, 0.2) is 0 Å². The zero-order chi connectivity index (χ0) is 4.12. The molecule has 0 aromatic carbocycles. The van der Waals surface area contributed by atoms with Crippen molar-refractivity contribution < 1.29 is 62.2 Å². The van der Waals surface area contributed by atoms with Crippen molar-refractivity contribution in [3.05, 3.63) is 0 Å². The van der Waals surface area contributed by atoms with Crippen LogP contribution in [0.5, 0.6) is 0 Å². The van der Waals surface area contributed by atoms with Crippen molar-refractivity contribution in [3.8, 4) is 0 Å². The summed E-state index contributed by atoms with van der Waals surface area (Å²) in [4.78, 5) is 0. The van der Waals surface area contributed by atoms with Crippen LogP contribution < -0.4 is 0 Å². The van der Waals surface area contributed by atoms with Gasteiger partial charge < -0.3 is 0 Å². The maximum absolute atomic E-state index is 2.21. The molecule has 0 aromatic heterocycles. The molecule has 0 saturated heterocycles. The smallest absolute Gasteiger partial charge is 0 e. The van der Waals surface area contributed by atoms with E-state index in [4.69, 9.17) is 0 Å². The van der Waals surface area contributed by atoms with Gasteiger partial charge in [-0.15, -0.1) is 0 Å². The van der Waals surface area contributed by atoms with Gasteiger partial charge in [0.15, 0.2) is 0 Å². The summed E-state index contributed by atoms with van der Waals surface area (Å²) in [7, 11) is 0. The Bertz CT molecular complexity index is 15.3. The van der Waals surface area contributed by atoms with Gasteiger partial charge in [-0.2, -0.15) is 0 Å². The SMILES string of the molecule is C.C.C.C.C.CCCCC.[U].[U]. The fraction of sp³-hybridized carbons (Fsp3) is 1.00. The van der Waals surface area contributed by atoms with Crippen LogP contribution in [-0.4, -0.2) is 0 Å². The molecule has 0 radical (unpaired) electrons. The first-order valence-corrected chi connectivity index (χ1v) is 2.41. The van der Waals surface area contributed by atoms with Gasteiger partial charge in [0.25, 0.3) is 0 Å². The second kappa shape index (κ2) is 73.7. The molecule has 0 saturated carbocycles. The number of unbranched alkanes of at least 4 members (excludes halogenated alkanes) is 2. The molecular formula is C10H32U2. The molecule has 0 aliphatic carbocycles. The van der Waals surface area contributed by atoms with Crippen LogP contribution in [0.4, 0.5) is 0 Å². The minimum atomic E-state index is 0. The van der Waals surface area contributed by atoms with Crippen LogP contribution in [0.3, 0.4) is 0 Å². The Morgan fingerprint density at radius 3 is 0.750 bits per heavy atom. The van der Waals surface area contributed by atoms with Crippen molar-refractivity contribution in [1.82, 2.24) is 0 Å². The van der Waals surface area contributed by atoms with Gasteiger partial charge in [0.05, 0.1) is 0 Å². The molecule has 2 heteroatoms. The first kappa shape index (κ1) is 65.0. The van der Waals surface area contributed by atoms with E-state index in [0.717, 1.165) is 0 Å². The zero-order valence-electron chi connectivity index (χ0n) is 5.12. The summed E-state index contributed by atoms with van der Waals surface area (Å²) >= 11 is 0. The van der Waals surface area contributed by atoms with Gasteiger partial charge in [-0.25, -0.2) is 0 Å². The van der Waals surface area contributed by atoms with Gasteiger partial charge in [-0.1, -0.05) is 70.2 Å². The van der Waals surface area contributed by atoms with E-state index in [1.807, 2.05) is 0 Å². The van der Waals surface area contributed by atoms with E-state index in [0.29, 0.717) is 0 Å². The molecule has 0 N–H and O–H groups in total. The first-order chi connectivity index (χ1) is 2.41. The Hall–Kier alpha value is 2.10. The van der Waals surface area contributed by atoms with Crippen LogP contribution in [0, 0.1) is 62.2 Å². The van der Waals surface area contributed by atoms with Crippen LogP contribution >= 0.6 is 0 Å². The molecule has 0 rings (SSSR count). The van der Waals surface area contributed by atoms with Crippen LogP contribution in [0.25, 0.3) is 0 Å². The molecule has 0 nitrogen and oxygen atoms in total. The molecule has 0 aliphatic heterocycles. The molecule has 12 heavy (non-hydrogen) atoms. The Kier molecular flexibility index (Phi) is 399. The maximum atomic E-state index is 2.21. The molecule has 0 spiro atoms. The summed E-state index contributed by atoms with van der Waals surface area (Å²) in [5, 5.41) is 0. The normalized spacial score (nSPS) is 3.50. The van der Waals surface area contributed by atoms with Gasteiger partial charge in [0.2, 0.25) is 0 Å². The average Bonchev–Trinajstić information content (AvgIpc) is 1.41. The van der Waals surface area contributed by atoms with Crippen molar-refractivity contribution in [2.75, 3.05) is 0 Å². The molecule has 0 aliphatic rings.